The number of nitrogens with zero attached hydrogens (tertiary/aromatic N) is 2. The van der Waals surface area contributed by atoms with Crippen LogP contribution in [0.3, 0.4) is 0 Å². The number of morpholine rings is 1. The quantitative estimate of drug-likeness (QED) is 0.881. The summed E-state index contributed by atoms with van der Waals surface area (Å²) in [5.41, 5.74) is 0.385. The molecule has 0 spiro atoms. The molecule has 2 amide bonds. The number of halogens is 2. The van der Waals surface area contributed by atoms with Gasteiger partial charge < -0.3 is 15.0 Å². The number of benzene rings is 1. The Labute approximate surface area is 147 Å². The van der Waals surface area contributed by atoms with Crippen LogP contribution < -0.4 is 5.32 Å². The Balaban J connectivity index is 1.55. The Kier molecular flexibility index (Phi) is 5.37. The highest BCUT2D eigenvalue weighted by molar-refractivity contribution is 8.15. The average Bonchev–Trinajstić information content (AvgIpc) is 2.93. The smallest absolute Gasteiger partial charge is 0.262 e. The second kappa shape index (κ2) is 7.50. The summed E-state index contributed by atoms with van der Waals surface area (Å²) in [4.78, 5) is 30.1. The van der Waals surface area contributed by atoms with Crippen molar-refractivity contribution in [2.24, 2.45) is 4.99 Å². The molecule has 1 aromatic rings. The average molecular weight is 372 g/mol. The topological polar surface area (TPSA) is 71.0 Å². The molecule has 0 saturated carbocycles. The number of amides is 2. The monoisotopic (exact) mass is 371 g/mol. The van der Waals surface area contributed by atoms with Crippen LogP contribution >= 0.6 is 23.4 Å². The summed E-state index contributed by atoms with van der Waals surface area (Å²) in [5.74, 6) is -1.21. The fourth-order valence-electron chi connectivity index (χ4n) is 2.35. The molecular formula is C15H15ClFN3O3S. The number of hydrogen-bond acceptors (Lipinski definition) is 5. The molecule has 9 heteroatoms. The number of carbonyl (C=O) groups is 2. The third-order valence-electron chi connectivity index (χ3n) is 3.58. The van der Waals surface area contributed by atoms with E-state index in [1.54, 1.807) is 0 Å². The van der Waals surface area contributed by atoms with Gasteiger partial charge >= 0.3 is 0 Å². The van der Waals surface area contributed by atoms with Crippen LogP contribution in [0.5, 0.6) is 0 Å². The Morgan fingerprint density at radius 1 is 1.46 bits per heavy atom. The predicted molar refractivity (Wildman–Crippen MR) is 90.9 cm³/mol. The van der Waals surface area contributed by atoms with E-state index in [-0.39, 0.29) is 23.3 Å². The van der Waals surface area contributed by atoms with Crippen molar-refractivity contribution in [1.29, 1.82) is 0 Å². The standard InChI is InChI=1S/C15H15ClFN3O3S/c16-10-7-9(1-2-11(10)17)18-13(21)8-12-14(22)19-15(24-12)20-3-5-23-6-4-20/h1-2,7,12H,3-6,8H2,(H,18,21)/t12-/m0/s1. The molecule has 2 aliphatic rings. The van der Waals surface area contributed by atoms with E-state index in [1.165, 1.54) is 30.0 Å². The fourth-order valence-corrected chi connectivity index (χ4v) is 3.65. The van der Waals surface area contributed by atoms with Crippen molar-refractivity contribution in [2.75, 3.05) is 31.6 Å². The van der Waals surface area contributed by atoms with Gasteiger partial charge in [-0.25, -0.2) is 4.39 Å². The molecule has 3 rings (SSSR count). The number of amidine groups is 1. The molecule has 0 aliphatic carbocycles. The number of rotatable bonds is 3. The summed E-state index contributed by atoms with van der Waals surface area (Å²) in [6.45, 7) is 2.58. The summed E-state index contributed by atoms with van der Waals surface area (Å²) in [7, 11) is 0. The van der Waals surface area contributed by atoms with E-state index >= 15 is 0 Å². The molecule has 1 N–H and O–H groups in total. The Morgan fingerprint density at radius 2 is 2.21 bits per heavy atom. The van der Waals surface area contributed by atoms with Crippen molar-refractivity contribution < 1.29 is 18.7 Å². The van der Waals surface area contributed by atoms with Crippen LogP contribution in [0.15, 0.2) is 23.2 Å². The predicted octanol–water partition coefficient (Wildman–Crippen LogP) is 2.14. The van der Waals surface area contributed by atoms with E-state index in [0.717, 1.165) is 0 Å². The highest BCUT2D eigenvalue weighted by atomic mass is 35.5. The Bertz CT molecular complexity index is 695. The zero-order chi connectivity index (χ0) is 17.1. The van der Waals surface area contributed by atoms with E-state index in [9.17, 15) is 14.0 Å². The molecule has 0 radical (unpaired) electrons. The maximum absolute atomic E-state index is 13.1. The number of thioether (sulfide) groups is 1. The summed E-state index contributed by atoms with van der Waals surface area (Å²) in [6.07, 6.45) is -0.00413. The summed E-state index contributed by atoms with van der Waals surface area (Å²) in [5, 5.41) is 2.64. The van der Waals surface area contributed by atoms with Crippen LogP contribution in [-0.2, 0) is 14.3 Å². The van der Waals surface area contributed by atoms with Crippen LogP contribution in [0, 0.1) is 5.82 Å². The molecule has 2 aliphatic heterocycles. The first-order valence-corrected chi connectivity index (χ1v) is 8.65. The summed E-state index contributed by atoms with van der Waals surface area (Å²) >= 11 is 6.97. The minimum atomic E-state index is -0.556. The van der Waals surface area contributed by atoms with Crippen LogP contribution in [0.4, 0.5) is 10.1 Å². The second-order valence-electron chi connectivity index (χ2n) is 5.32. The molecule has 24 heavy (non-hydrogen) atoms. The third-order valence-corrected chi connectivity index (χ3v) is 5.09. The van der Waals surface area contributed by atoms with Gasteiger partial charge in [-0.3, -0.25) is 9.59 Å². The van der Waals surface area contributed by atoms with Gasteiger partial charge in [-0.2, -0.15) is 4.99 Å². The maximum atomic E-state index is 13.1. The molecule has 0 unspecified atom stereocenters. The number of ether oxygens (including phenoxy) is 1. The third kappa shape index (κ3) is 4.06. The number of carbonyl (C=O) groups excluding carboxylic acids is 2. The number of anilines is 1. The van der Waals surface area contributed by atoms with Gasteiger partial charge in [0.2, 0.25) is 5.91 Å². The number of nitrogens with one attached hydrogen (secondary N) is 1. The van der Waals surface area contributed by atoms with Crippen LogP contribution in [0.25, 0.3) is 0 Å². The molecule has 6 nitrogen and oxygen atoms in total. The summed E-state index contributed by atoms with van der Waals surface area (Å²) < 4.78 is 18.4. The first kappa shape index (κ1) is 17.2. The molecule has 0 aromatic heterocycles. The van der Waals surface area contributed by atoms with Gasteiger partial charge in [-0.1, -0.05) is 23.4 Å². The molecular weight excluding hydrogens is 357 g/mol. The van der Waals surface area contributed by atoms with Crippen molar-refractivity contribution in [3.8, 4) is 0 Å². The van der Waals surface area contributed by atoms with Crippen LogP contribution in [0.2, 0.25) is 5.02 Å². The number of aliphatic imine (C=N–C) groups is 1. The highest BCUT2D eigenvalue weighted by Gasteiger charge is 2.33. The van der Waals surface area contributed by atoms with Crippen molar-refractivity contribution in [3.05, 3.63) is 29.0 Å². The van der Waals surface area contributed by atoms with Gasteiger partial charge in [-0.15, -0.1) is 0 Å². The lowest BCUT2D eigenvalue weighted by molar-refractivity contribution is -0.121. The fraction of sp³-hybridized carbons (Fsp3) is 0.400. The van der Waals surface area contributed by atoms with E-state index in [0.29, 0.717) is 37.2 Å². The Morgan fingerprint density at radius 3 is 2.92 bits per heavy atom. The van der Waals surface area contributed by atoms with Crippen molar-refractivity contribution in [3.63, 3.8) is 0 Å². The zero-order valence-corrected chi connectivity index (χ0v) is 14.2. The molecule has 128 valence electrons. The van der Waals surface area contributed by atoms with E-state index in [4.69, 9.17) is 16.3 Å². The van der Waals surface area contributed by atoms with E-state index < -0.39 is 11.1 Å². The molecule has 1 fully saturated rings. The van der Waals surface area contributed by atoms with Gasteiger partial charge in [0, 0.05) is 25.2 Å². The second-order valence-corrected chi connectivity index (χ2v) is 6.90. The van der Waals surface area contributed by atoms with Gasteiger partial charge in [0.15, 0.2) is 5.17 Å². The number of hydrogen-bond donors (Lipinski definition) is 1. The first-order chi connectivity index (χ1) is 11.5. The molecule has 1 aromatic carbocycles. The lowest BCUT2D eigenvalue weighted by Crippen LogP contribution is -2.39. The van der Waals surface area contributed by atoms with Crippen molar-refractivity contribution in [1.82, 2.24) is 4.90 Å². The van der Waals surface area contributed by atoms with Crippen molar-refractivity contribution in [2.45, 2.75) is 11.7 Å². The van der Waals surface area contributed by atoms with Gasteiger partial charge in [0.25, 0.3) is 5.91 Å². The molecule has 1 saturated heterocycles. The SMILES string of the molecule is O=C(C[C@@H]1SC(N2CCOCC2)=NC1=O)Nc1ccc(F)c(Cl)c1. The summed E-state index contributed by atoms with van der Waals surface area (Å²) in [6, 6.07) is 3.92. The highest BCUT2D eigenvalue weighted by Crippen LogP contribution is 2.28. The lowest BCUT2D eigenvalue weighted by atomic mass is 10.2. The van der Waals surface area contributed by atoms with Crippen molar-refractivity contribution >= 4 is 46.0 Å². The molecule has 1 atom stereocenters. The minimum Gasteiger partial charge on any atom is -0.378 e. The van der Waals surface area contributed by atoms with E-state index in [2.05, 4.69) is 10.3 Å². The van der Waals surface area contributed by atoms with Crippen LogP contribution in [-0.4, -0.2) is 53.4 Å². The first-order valence-electron chi connectivity index (χ1n) is 7.40. The normalized spacial score (nSPS) is 20.9. The largest absolute Gasteiger partial charge is 0.378 e. The van der Waals surface area contributed by atoms with Gasteiger partial charge in [-0.05, 0) is 18.2 Å². The minimum absolute atomic E-state index is 0.00413. The lowest BCUT2D eigenvalue weighted by Gasteiger charge is -2.27. The maximum Gasteiger partial charge on any atom is 0.262 e. The molecule has 0 bridgehead atoms. The Hall–Kier alpha value is -1.64. The van der Waals surface area contributed by atoms with Crippen LogP contribution in [0.1, 0.15) is 6.42 Å². The van der Waals surface area contributed by atoms with Gasteiger partial charge in [0.1, 0.15) is 11.1 Å². The zero-order valence-electron chi connectivity index (χ0n) is 12.6. The van der Waals surface area contributed by atoms with E-state index in [1.807, 2.05) is 4.90 Å². The van der Waals surface area contributed by atoms with Gasteiger partial charge in [0.05, 0.1) is 18.2 Å². The molecule has 2 heterocycles.